The summed E-state index contributed by atoms with van der Waals surface area (Å²) in [7, 11) is 0. The Morgan fingerprint density at radius 2 is 2.06 bits per heavy atom. The lowest BCUT2D eigenvalue weighted by molar-refractivity contribution is -0.180. The maximum absolute atomic E-state index is 11.2. The van der Waals surface area contributed by atoms with E-state index >= 15 is 0 Å². The minimum absolute atomic E-state index is 0.115. The Morgan fingerprint density at radius 3 is 2.44 bits per heavy atom. The zero-order valence-corrected chi connectivity index (χ0v) is 9.60. The summed E-state index contributed by atoms with van der Waals surface area (Å²) in [5, 5.41) is 9.19. The molecule has 0 aromatic carbocycles. The molecule has 0 saturated heterocycles. The SMILES string of the molecule is CC(C)[C@](N=C=O)(OC1CCCC1)C(=O)O. The van der Waals surface area contributed by atoms with Crippen molar-refractivity contribution in [2.75, 3.05) is 0 Å². The van der Waals surface area contributed by atoms with Gasteiger partial charge in [0.25, 0.3) is 5.72 Å². The van der Waals surface area contributed by atoms with Crippen molar-refractivity contribution in [1.29, 1.82) is 0 Å². The van der Waals surface area contributed by atoms with E-state index in [4.69, 9.17) is 4.74 Å². The van der Waals surface area contributed by atoms with E-state index in [1.54, 1.807) is 13.8 Å². The molecule has 0 radical (unpaired) electrons. The van der Waals surface area contributed by atoms with E-state index in [1.807, 2.05) is 0 Å². The second-order valence-electron chi connectivity index (χ2n) is 4.38. The summed E-state index contributed by atoms with van der Waals surface area (Å²) < 4.78 is 5.53. The zero-order chi connectivity index (χ0) is 12.2. The molecule has 0 aromatic heterocycles. The van der Waals surface area contributed by atoms with Gasteiger partial charge in [0.05, 0.1) is 6.10 Å². The van der Waals surface area contributed by atoms with Crippen LogP contribution in [0.25, 0.3) is 0 Å². The summed E-state index contributed by atoms with van der Waals surface area (Å²) in [6, 6.07) is 0. The normalized spacial score (nSPS) is 20.4. The Hall–Kier alpha value is -1.19. The largest absolute Gasteiger partial charge is 0.478 e. The number of rotatable bonds is 5. The molecule has 1 aliphatic rings. The van der Waals surface area contributed by atoms with E-state index in [0.29, 0.717) is 0 Å². The van der Waals surface area contributed by atoms with Crippen LogP contribution in [0, 0.1) is 5.92 Å². The molecule has 0 amide bonds. The molecule has 0 spiro atoms. The molecule has 0 aromatic rings. The molecule has 0 heterocycles. The van der Waals surface area contributed by atoms with Gasteiger partial charge in [-0.15, -0.1) is 0 Å². The molecule has 1 atom stereocenters. The number of carboxylic acids is 1. The van der Waals surface area contributed by atoms with Crippen LogP contribution in [-0.2, 0) is 14.3 Å². The molecule has 0 bridgehead atoms. The molecule has 0 aliphatic heterocycles. The highest BCUT2D eigenvalue weighted by atomic mass is 16.5. The number of nitrogens with zero attached hydrogens (tertiary/aromatic N) is 1. The van der Waals surface area contributed by atoms with Crippen LogP contribution in [0.1, 0.15) is 39.5 Å². The van der Waals surface area contributed by atoms with E-state index < -0.39 is 17.6 Å². The fourth-order valence-electron chi connectivity index (χ4n) is 1.96. The molecule has 1 fully saturated rings. The van der Waals surface area contributed by atoms with Crippen LogP contribution in [0.3, 0.4) is 0 Å². The smallest absolute Gasteiger partial charge is 0.360 e. The highest BCUT2D eigenvalue weighted by Gasteiger charge is 2.45. The third-order valence-electron chi connectivity index (χ3n) is 2.95. The second-order valence-corrected chi connectivity index (χ2v) is 4.38. The van der Waals surface area contributed by atoms with Crippen LogP contribution in [0.2, 0.25) is 0 Å². The Kier molecular flexibility index (Phi) is 4.21. The molecule has 1 aliphatic carbocycles. The van der Waals surface area contributed by atoms with Gasteiger partial charge in [-0.05, 0) is 12.8 Å². The molecule has 1 N–H and O–H groups in total. The molecule has 90 valence electrons. The molecule has 1 rings (SSSR count). The van der Waals surface area contributed by atoms with E-state index in [0.717, 1.165) is 25.7 Å². The van der Waals surface area contributed by atoms with Crippen LogP contribution < -0.4 is 0 Å². The van der Waals surface area contributed by atoms with Crippen molar-refractivity contribution < 1.29 is 19.4 Å². The fourth-order valence-corrected chi connectivity index (χ4v) is 1.96. The third-order valence-corrected chi connectivity index (χ3v) is 2.95. The first kappa shape index (κ1) is 12.9. The average Bonchev–Trinajstić information content (AvgIpc) is 2.68. The van der Waals surface area contributed by atoms with Gasteiger partial charge in [-0.3, -0.25) is 0 Å². The minimum Gasteiger partial charge on any atom is -0.478 e. The Bertz CT molecular complexity index is 299. The lowest BCUT2D eigenvalue weighted by Gasteiger charge is -2.30. The third kappa shape index (κ3) is 2.49. The maximum Gasteiger partial charge on any atom is 0.360 e. The van der Waals surface area contributed by atoms with Crippen molar-refractivity contribution in [3.63, 3.8) is 0 Å². The van der Waals surface area contributed by atoms with Crippen molar-refractivity contribution in [3.8, 4) is 0 Å². The quantitative estimate of drug-likeness (QED) is 0.573. The Morgan fingerprint density at radius 1 is 1.50 bits per heavy atom. The van der Waals surface area contributed by atoms with E-state index in [9.17, 15) is 14.7 Å². The van der Waals surface area contributed by atoms with Gasteiger partial charge in [-0.25, -0.2) is 9.59 Å². The number of carbonyl (C=O) groups is 1. The van der Waals surface area contributed by atoms with Crippen molar-refractivity contribution >= 4 is 12.0 Å². The summed E-state index contributed by atoms with van der Waals surface area (Å²) in [6.45, 7) is 3.34. The fraction of sp³-hybridized carbons (Fsp3) is 0.818. The monoisotopic (exact) mass is 227 g/mol. The highest BCUT2D eigenvalue weighted by Crippen LogP contribution is 2.31. The van der Waals surface area contributed by atoms with Crippen LogP contribution in [0.4, 0.5) is 0 Å². The lowest BCUT2D eigenvalue weighted by Crippen LogP contribution is -2.46. The predicted octanol–water partition coefficient (Wildman–Crippen LogP) is 1.72. The van der Waals surface area contributed by atoms with Crippen molar-refractivity contribution in [2.45, 2.75) is 51.4 Å². The van der Waals surface area contributed by atoms with Crippen molar-refractivity contribution in [3.05, 3.63) is 0 Å². The first-order valence-electron chi connectivity index (χ1n) is 5.53. The van der Waals surface area contributed by atoms with Gasteiger partial charge in [0.2, 0.25) is 6.08 Å². The molecule has 1 saturated carbocycles. The number of aliphatic carboxylic acids is 1. The first-order valence-corrected chi connectivity index (χ1v) is 5.53. The van der Waals surface area contributed by atoms with Crippen LogP contribution in [0.15, 0.2) is 4.99 Å². The molecular formula is C11H17NO4. The number of ether oxygens (including phenoxy) is 1. The minimum atomic E-state index is -1.77. The summed E-state index contributed by atoms with van der Waals surface area (Å²) in [4.78, 5) is 25.0. The number of aliphatic imine (C=N–C) groups is 1. The number of carboxylic acid groups (broad SMARTS) is 1. The second kappa shape index (κ2) is 5.23. The zero-order valence-electron chi connectivity index (χ0n) is 9.60. The maximum atomic E-state index is 11.2. The molecular weight excluding hydrogens is 210 g/mol. The molecule has 5 heteroatoms. The van der Waals surface area contributed by atoms with Crippen LogP contribution in [-0.4, -0.2) is 29.0 Å². The van der Waals surface area contributed by atoms with Crippen molar-refractivity contribution in [1.82, 2.24) is 0 Å². The van der Waals surface area contributed by atoms with Gasteiger partial charge < -0.3 is 9.84 Å². The van der Waals surface area contributed by atoms with E-state index in [2.05, 4.69) is 4.99 Å². The summed E-state index contributed by atoms with van der Waals surface area (Å²) in [5.41, 5.74) is -1.77. The van der Waals surface area contributed by atoms with E-state index in [-0.39, 0.29) is 6.10 Å². The van der Waals surface area contributed by atoms with Gasteiger partial charge >= 0.3 is 5.97 Å². The number of hydrogen-bond acceptors (Lipinski definition) is 4. The van der Waals surface area contributed by atoms with Gasteiger partial charge in [-0.1, -0.05) is 26.7 Å². The van der Waals surface area contributed by atoms with Gasteiger partial charge in [0.1, 0.15) is 0 Å². The summed E-state index contributed by atoms with van der Waals surface area (Å²) in [6.07, 6.45) is 4.92. The van der Waals surface area contributed by atoms with Gasteiger partial charge in [0, 0.05) is 5.92 Å². The average molecular weight is 227 g/mol. The van der Waals surface area contributed by atoms with Crippen molar-refractivity contribution in [2.24, 2.45) is 10.9 Å². The highest BCUT2D eigenvalue weighted by molar-refractivity contribution is 5.78. The summed E-state index contributed by atoms with van der Waals surface area (Å²) in [5.74, 6) is -1.63. The van der Waals surface area contributed by atoms with E-state index in [1.165, 1.54) is 6.08 Å². The topological polar surface area (TPSA) is 76.0 Å². The number of hydrogen-bond donors (Lipinski definition) is 1. The first-order chi connectivity index (χ1) is 7.53. The predicted molar refractivity (Wildman–Crippen MR) is 56.7 cm³/mol. The number of carbonyl (C=O) groups excluding carboxylic acids is 1. The molecule has 16 heavy (non-hydrogen) atoms. The lowest BCUT2D eigenvalue weighted by atomic mass is 10.00. The van der Waals surface area contributed by atoms with Gasteiger partial charge in [-0.2, -0.15) is 4.99 Å². The van der Waals surface area contributed by atoms with Crippen LogP contribution >= 0.6 is 0 Å². The van der Waals surface area contributed by atoms with Gasteiger partial charge in [0.15, 0.2) is 0 Å². The Labute approximate surface area is 94.5 Å². The molecule has 0 unspecified atom stereocenters. The van der Waals surface area contributed by atoms with Crippen LogP contribution in [0.5, 0.6) is 0 Å². The Balaban J connectivity index is 2.91. The standard InChI is InChI=1S/C11H17NO4/c1-8(2)11(10(14)15,12-7-13)16-9-5-3-4-6-9/h8-9H,3-6H2,1-2H3,(H,14,15)/t11-/m0/s1. The molecule has 5 nitrogen and oxygen atoms in total. The number of isocyanates is 1. The summed E-state index contributed by atoms with van der Waals surface area (Å²) >= 11 is 0.